The summed E-state index contributed by atoms with van der Waals surface area (Å²) in [6, 6.07) is 9.54. The van der Waals surface area contributed by atoms with Gasteiger partial charge in [-0.25, -0.2) is 0 Å². The van der Waals surface area contributed by atoms with Gasteiger partial charge in [-0.3, -0.25) is 4.79 Å². The van der Waals surface area contributed by atoms with Crippen molar-refractivity contribution in [3.8, 4) is 0 Å². The van der Waals surface area contributed by atoms with E-state index in [0.29, 0.717) is 6.54 Å². The first-order valence-electron chi connectivity index (χ1n) is 4.53. The fourth-order valence-corrected chi connectivity index (χ4v) is 1.03. The first kappa shape index (κ1) is 10.7. The van der Waals surface area contributed by atoms with Crippen molar-refractivity contribution in [3.63, 3.8) is 0 Å². The minimum Gasteiger partial charge on any atom is -0.383 e. The Bertz CT molecular complexity index is 285. The van der Waals surface area contributed by atoms with Crippen LogP contribution in [-0.4, -0.2) is 17.1 Å². The van der Waals surface area contributed by atoms with Crippen molar-refractivity contribution >= 4 is 5.91 Å². The van der Waals surface area contributed by atoms with Crippen LogP contribution in [0, 0.1) is 6.92 Å². The lowest BCUT2D eigenvalue weighted by Gasteiger charge is -2.08. The second kappa shape index (κ2) is 5.40. The zero-order chi connectivity index (χ0) is 10.4. The summed E-state index contributed by atoms with van der Waals surface area (Å²) in [6.45, 7) is 3.89. The molecule has 0 fully saturated rings. The summed E-state index contributed by atoms with van der Waals surface area (Å²) in [7, 11) is 0. The molecule has 0 heterocycles. The molecule has 0 aromatic heterocycles. The monoisotopic (exact) mass is 192 g/mol. The van der Waals surface area contributed by atoms with E-state index in [2.05, 4.69) is 12.2 Å². The molecule has 0 aliphatic carbocycles. The molecule has 0 aliphatic rings. The Hall–Kier alpha value is -1.35. The van der Waals surface area contributed by atoms with Crippen molar-refractivity contribution < 1.29 is 9.90 Å². The second-order valence-electron chi connectivity index (χ2n) is 3.01. The molecule has 1 radical (unpaired) electrons. The van der Waals surface area contributed by atoms with Crippen LogP contribution in [0.5, 0.6) is 0 Å². The maximum atomic E-state index is 11.1. The van der Waals surface area contributed by atoms with Crippen LogP contribution < -0.4 is 5.32 Å². The average Bonchev–Trinajstić information content (AvgIpc) is 2.26. The Labute approximate surface area is 83.8 Å². The van der Waals surface area contributed by atoms with E-state index in [4.69, 9.17) is 5.11 Å². The van der Waals surface area contributed by atoms with Crippen LogP contribution in [0.1, 0.15) is 12.0 Å². The summed E-state index contributed by atoms with van der Waals surface area (Å²) in [5.41, 5.74) is 1.01. The number of hydrogen-bond acceptors (Lipinski definition) is 2. The van der Waals surface area contributed by atoms with Crippen molar-refractivity contribution in [2.45, 2.75) is 19.1 Å². The molecule has 1 amide bonds. The van der Waals surface area contributed by atoms with Crippen LogP contribution in [0.4, 0.5) is 0 Å². The minimum absolute atomic E-state index is 0.195. The Morgan fingerprint density at radius 2 is 2.07 bits per heavy atom. The molecule has 75 valence electrons. The van der Waals surface area contributed by atoms with Gasteiger partial charge < -0.3 is 10.4 Å². The Morgan fingerprint density at radius 3 is 2.64 bits per heavy atom. The number of carbonyl (C=O) groups excluding carboxylic acids is 1. The van der Waals surface area contributed by atoms with Crippen LogP contribution in [-0.2, 0) is 11.3 Å². The number of aliphatic hydroxyl groups is 1. The van der Waals surface area contributed by atoms with Gasteiger partial charge in [0.2, 0.25) is 5.91 Å². The SMILES string of the molecule is [CH2]C[C@@H](O)C(=O)NCc1ccccc1. The third-order valence-electron chi connectivity index (χ3n) is 1.89. The quantitative estimate of drug-likeness (QED) is 0.744. The number of hydrogen-bond donors (Lipinski definition) is 2. The van der Waals surface area contributed by atoms with Gasteiger partial charge in [0.15, 0.2) is 0 Å². The summed E-state index contributed by atoms with van der Waals surface area (Å²) in [6.07, 6.45) is -0.806. The molecule has 1 aromatic rings. The average molecular weight is 192 g/mol. The van der Waals surface area contributed by atoms with Crippen LogP contribution in [0.3, 0.4) is 0 Å². The molecule has 0 saturated heterocycles. The van der Waals surface area contributed by atoms with Gasteiger partial charge in [0.25, 0.3) is 0 Å². The molecule has 1 atom stereocenters. The normalized spacial score (nSPS) is 12.1. The number of amides is 1. The Morgan fingerprint density at radius 1 is 1.43 bits per heavy atom. The van der Waals surface area contributed by atoms with E-state index in [-0.39, 0.29) is 12.3 Å². The standard InChI is InChI=1S/C11H14NO2/c1-2-10(13)11(14)12-8-9-6-4-3-5-7-9/h3-7,10,13H,1-2,8H2,(H,12,14)/t10-/m1/s1. The Kier molecular flexibility index (Phi) is 4.13. The lowest BCUT2D eigenvalue weighted by molar-refractivity contribution is -0.129. The molecule has 2 N–H and O–H groups in total. The number of nitrogens with one attached hydrogen (secondary N) is 1. The van der Waals surface area contributed by atoms with E-state index in [1.807, 2.05) is 30.3 Å². The maximum absolute atomic E-state index is 11.1. The van der Waals surface area contributed by atoms with Crippen molar-refractivity contribution in [2.75, 3.05) is 0 Å². The second-order valence-corrected chi connectivity index (χ2v) is 3.01. The lowest BCUT2D eigenvalue weighted by Crippen LogP contribution is -2.33. The number of aliphatic hydroxyl groups excluding tert-OH is 1. The zero-order valence-electron chi connectivity index (χ0n) is 7.94. The zero-order valence-corrected chi connectivity index (χ0v) is 7.94. The van der Waals surface area contributed by atoms with Crippen molar-refractivity contribution in [1.29, 1.82) is 0 Å². The summed E-state index contributed by atoms with van der Waals surface area (Å²) in [4.78, 5) is 11.1. The third kappa shape index (κ3) is 3.18. The molecule has 1 aromatic carbocycles. The highest BCUT2D eigenvalue weighted by molar-refractivity contribution is 5.80. The van der Waals surface area contributed by atoms with Crippen LogP contribution >= 0.6 is 0 Å². The predicted molar refractivity (Wildman–Crippen MR) is 54.3 cm³/mol. The molecule has 0 unspecified atom stereocenters. The summed E-state index contributed by atoms with van der Waals surface area (Å²) in [5.74, 6) is -0.371. The molecular formula is C11H14NO2. The number of benzene rings is 1. The maximum Gasteiger partial charge on any atom is 0.249 e. The van der Waals surface area contributed by atoms with Gasteiger partial charge in [0.05, 0.1) is 0 Å². The van der Waals surface area contributed by atoms with Gasteiger partial charge in [-0.05, 0) is 12.0 Å². The molecule has 0 bridgehead atoms. The Balaban J connectivity index is 2.38. The summed E-state index contributed by atoms with van der Waals surface area (Å²) < 4.78 is 0. The first-order valence-corrected chi connectivity index (χ1v) is 4.53. The fourth-order valence-electron chi connectivity index (χ4n) is 1.03. The molecule has 14 heavy (non-hydrogen) atoms. The first-order chi connectivity index (χ1) is 6.74. The topological polar surface area (TPSA) is 49.3 Å². The highest BCUT2D eigenvalue weighted by Crippen LogP contribution is 1.98. The van der Waals surface area contributed by atoms with Gasteiger partial charge in [-0.15, -0.1) is 0 Å². The molecule has 3 nitrogen and oxygen atoms in total. The molecule has 0 spiro atoms. The van der Waals surface area contributed by atoms with E-state index < -0.39 is 6.10 Å². The van der Waals surface area contributed by atoms with Crippen molar-refractivity contribution in [3.05, 3.63) is 42.8 Å². The summed E-state index contributed by atoms with van der Waals surface area (Å²) >= 11 is 0. The van der Waals surface area contributed by atoms with E-state index in [9.17, 15) is 4.79 Å². The van der Waals surface area contributed by atoms with Crippen molar-refractivity contribution in [1.82, 2.24) is 5.32 Å². The van der Waals surface area contributed by atoms with Crippen LogP contribution in [0.15, 0.2) is 30.3 Å². The van der Waals surface area contributed by atoms with Gasteiger partial charge in [-0.1, -0.05) is 37.3 Å². The highest BCUT2D eigenvalue weighted by atomic mass is 16.3. The van der Waals surface area contributed by atoms with Crippen LogP contribution in [0.25, 0.3) is 0 Å². The highest BCUT2D eigenvalue weighted by Gasteiger charge is 2.10. The molecule has 3 heteroatoms. The molecular weight excluding hydrogens is 178 g/mol. The van der Waals surface area contributed by atoms with Gasteiger partial charge in [0, 0.05) is 6.54 Å². The van der Waals surface area contributed by atoms with Gasteiger partial charge in [-0.2, -0.15) is 0 Å². The molecule has 1 rings (SSSR count). The number of carbonyl (C=O) groups is 1. The van der Waals surface area contributed by atoms with E-state index in [1.54, 1.807) is 0 Å². The van der Waals surface area contributed by atoms with Gasteiger partial charge >= 0.3 is 0 Å². The summed E-state index contributed by atoms with van der Waals surface area (Å²) in [5, 5.41) is 11.8. The molecule has 0 aliphatic heterocycles. The van der Waals surface area contributed by atoms with Gasteiger partial charge in [0.1, 0.15) is 6.10 Å². The number of rotatable bonds is 4. The predicted octanol–water partition coefficient (Wildman–Crippen LogP) is 0.888. The smallest absolute Gasteiger partial charge is 0.249 e. The van der Waals surface area contributed by atoms with E-state index >= 15 is 0 Å². The van der Waals surface area contributed by atoms with Crippen LogP contribution in [0.2, 0.25) is 0 Å². The van der Waals surface area contributed by atoms with E-state index in [1.165, 1.54) is 0 Å². The largest absolute Gasteiger partial charge is 0.383 e. The third-order valence-corrected chi connectivity index (χ3v) is 1.89. The fraction of sp³-hybridized carbons (Fsp3) is 0.273. The minimum atomic E-state index is -1.00. The lowest BCUT2D eigenvalue weighted by atomic mass is 10.2. The van der Waals surface area contributed by atoms with Crippen molar-refractivity contribution in [2.24, 2.45) is 0 Å². The molecule has 0 saturated carbocycles. The van der Waals surface area contributed by atoms with E-state index in [0.717, 1.165) is 5.56 Å².